The van der Waals surface area contributed by atoms with E-state index in [1.54, 1.807) is 0 Å². The van der Waals surface area contributed by atoms with Crippen molar-refractivity contribution in [2.45, 2.75) is 38.4 Å². The summed E-state index contributed by atoms with van der Waals surface area (Å²) in [4.78, 5) is 40.7. The number of anilines is 2. The van der Waals surface area contributed by atoms with E-state index in [1.165, 1.54) is 10.9 Å². The molecule has 1 aliphatic heterocycles. The minimum Gasteiger partial charge on any atom is -0.387 e. The molecule has 1 saturated heterocycles. The Hall–Kier alpha value is -2.48. The Kier molecular flexibility index (Phi) is 7.79. The third-order valence-corrected chi connectivity index (χ3v) is 10.5. The number of aliphatic hydroxyl groups excluding tert-OH is 2. The number of imidazole rings is 1. The Morgan fingerprint density at radius 3 is 2.42 bits per heavy atom. The van der Waals surface area contributed by atoms with E-state index in [0.717, 1.165) is 27.6 Å². The maximum Gasteiger partial charge on any atom is 0.336 e. The van der Waals surface area contributed by atoms with Crippen molar-refractivity contribution in [3.63, 3.8) is 0 Å². The number of nitrogens with one attached hydrogen (secondary N) is 2. The summed E-state index contributed by atoms with van der Waals surface area (Å²) in [6.45, 7) is 3.59. The molecule has 5 rings (SSSR count). The Labute approximate surface area is 232 Å². The maximum atomic E-state index is 12.1. The van der Waals surface area contributed by atoms with Gasteiger partial charge in [-0.25, -0.2) is 10.1 Å². The number of aromatic nitrogens is 4. The predicted molar refractivity (Wildman–Crippen MR) is 148 cm³/mol. The molecule has 0 radical (unpaired) electrons. The second kappa shape index (κ2) is 10.7. The Balaban J connectivity index is 1.41. The molecule has 14 nitrogen and oxygen atoms in total. The van der Waals surface area contributed by atoms with E-state index in [0.29, 0.717) is 11.3 Å². The van der Waals surface area contributed by atoms with Crippen molar-refractivity contribution in [3.05, 3.63) is 53.1 Å². The number of hydrogen-bond acceptors (Lipinski definition) is 9. The lowest BCUT2D eigenvalue weighted by atomic mass is 10.0. The highest BCUT2D eigenvalue weighted by molar-refractivity contribution is 7.71. The highest BCUT2D eigenvalue weighted by Crippen LogP contribution is 2.52. The maximum absolute atomic E-state index is 12.1. The number of fused-ring (bicyclic) bond motifs is 2. The van der Waals surface area contributed by atoms with Crippen molar-refractivity contribution in [2.75, 3.05) is 17.8 Å². The molecule has 2 aromatic carbocycles. The molecule has 0 amide bonds. The van der Waals surface area contributed by atoms with Gasteiger partial charge in [0.2, 0.25) is 5.28 Å². The number of ether oxygens (including phenoxy) is 1. The van der Waals surface area contributed by atoms with Gasteiger partial charge < -0.3 is 34.9 Å². The second-order valence-corrected chi connectivity index (χ2v) is 14.2. The van der Waals surface area contributed by atoms with Crippen molar-refractivity contribution in [1.82, 2.24) is 24.6 Å². The smallest absolute Gasteiger partial charge is 0.336 e. The molecule has 1 aliphatic rings. The zero-order valence-corrected chi connectivity index (χ0v) is 23.8. The van der Waals surface area contributed by atoms with Gasteiger partial charge in [0.25, 0.3) is 7.52 Å². The lowest BCUT2D eigenvalue weighted by Gasteiger charge is -2.19. The number of aliphatic hydroxyl groups is 2. The fraction of sp³-hybridized carbons (Fsp3) is 0.348. The summed E-state index contributed by atoms with van der Waals surface area (Å²) in [6, 6.07) is 10.00. The van der Waals surface area contributed by atoms with Gasteiger partial charge in [-0.2, -0.15) is 9.97 Å². The highest BCUT2D eigenvalue weighted by Gasteiger charge is 2.45. The van der Waals surface area contributed by atoms with Crippen LogP contribution < -0.4 is 10.4 Å². The summed E-state index contributed by atoms with van der Waals surface area (Å²) in [7, 11) is -9.23. The van der Waals surface area contributed by atoms with Crippen LogP contribution in [0.25, 0.3) is 21.9 Å². The van der Waals surface area contributed by atoms with E-state index in [-0.39, 0.29) is 10.9 Å². The minimum absolute atomic E-state index is 0.116. The first-order valence-corrected chi connectivity index (χ1v) is 16.0. The molecule has 0 bridgehead atoms. The van der Waals surface area contributed by atoms with E-state index < -0.39 is 52.1 Å². The van der Waals surface area contributed by atoms with Crippen molar-refractivity contribution in [2.24, 2.45) is 0 Å². The molecular weight excluding hydrogens is 586 g/mol. The molecule has 3 unspecified atom stereocenters. The van der Waals surface area contributed by atoms with Gasteiger partial charge in [-0.1, -0.05) is 18.2 Å². The van der Waals surface area contributed by atoms with E-state index in [9.17, 15) is 24.2 Å². The molecule has 4 aromatic rings. The van der Waals surface area contributed by atoms with Crippen LogP contribution in [0.15, 0.2) is 36.7 Å². The average Bonchev–Trinajstić information content (AvgIpc) is 3.39. The summed E-state index contributed by atoms with van der Waals surface area (Å²) >= 11 is 6.22. The quantitative estimate of drug-likeness (QED) is 0.113. The van der Waals surface area contributed by atoms with Crippen LogP contribution in [0.1, 0.15) is 17.4 Å². The molecule has 0 saturated carbocycles. The summed E-state index contributed by atoms with van der Waals surface area (Å²) in [5, 5.41) is 28.6. The van der Waals surface area contributed by atoms with Gasteiger partial charge in [0.1, 0.15) is 24.2 Å². The molecule has 3 heterocycles. The zero-order chi connectivity index (χ0) is 29.0. The Morgan fingerprint density at radius 1 is 1.02 bits per heavy atom. The molecule has 5 atom stereocenters. The lowest BCUT2D eigenvalue weighted by Crippen LogP contribution is -2.37. The first kappa shape index (κ1) is 29.0. The van der Waals surface area contributed by atoms with Crippen molar-refractivity contribution < 1.29 is 38.8 Å². The first-order valence-electron chi connectivity index (χ1n) is 12.0. The van der Waals surface area contributed by atoms with Crippen LogP contribution in [0.4, 0.5) is 11.5 Å². The summed E-state index contributed by atoms with van der Waals surface area (Å²) in [5.41, 5.74) is 3.48. The highest BCUT2D eigenvalue weighted by atomic mass is 35.5. The first-order chi connectivity index (χ1) is 18.7. The SMILES string of the molecule is Cc1ccc(C)c2cc(Nc3nc(Cl)nc4c3ncn4[C@@H]3O[C@H](CNP(=O)(O)CP(=O)(O)O)C(O)C3O)ccc12. The number of aryl methyl sites for hydroxylation is 2. The second-order valence-electron chi connectivity index (χ2n) is 9.67. The molecule has 1 fully saturated rings. The van der Waals surface area contributed by atoms with Gasteiger partial charge >= 0.3 is 7.60 Å². The molecule has 7 N–H and O–H groups in total. The largest absolute Gasteiger partial charge is 0.387 e. The van der Waals surface area contributed by atoms with Crippen LogP contribution in [-0.4, -0.2) is 75.2 Å². The van der Waals surface area contributed by atoms with Crippen molar-refractivity contribution in [3.8, 4) is 0 Å². The number of hydrogen-bond donors (Lipinski definition) is 7. The number of benzene rings is 2. The number of halogens is 1. The summed E-state index contributed by atoms with van der Waals surface area (Å²) in [5.74, 6) is -0.994. The van der Waals surface area contributed by atoms with E-state index >= 15 is 0 Å². The predicted octanol–water partition coefficient (Wildman–Crippen LogP) is 2.52. The Bertz CT molecular complexity index is 1700. The summed E-state index contributed by atoms with van der Waals surface area (Å²) in [6.07, 6.45) is -4.09. The van der Waals surface area contributed by atoms with E-state index in [2.05, 4.69) is 31.4 Å². The molecule has 40 heavy (non-hydrogen) atoms. The van der Waals surface area contributed by atoms with E-state index in [4.69, 9.17) is 26.1 Å². The fourth-order valence-electron chi connectivity index (χ4n) is 4.68. The van der Waals surface area contributed by atoms with E-state index in [1.807, 2.05) is 38.1 Å². The zero-order valence-electron chi connectivity index (χ0n) is 21.2. The third-order valence-electron chi connectivity index (χ3n) is 6.64. The molecule has 2 aromatic heterocycles. The van der Waals surface area contributed by atoms with Crippen LogP contribution in [0, 0.1) is 13.8 Å². The van der Waals surface area contributed by atoms with Gasteiger partial charge in [-0.3, -0.25) is 13.7 Å². The van der Waals surface area contributed by atoms with Crippen LogP contribution in [0.5, 0.6) is 0 Å². The fourth-order valence-corrected chi connectivity index (χ4v) is 7.71. The normalized spacial score (nSPS) is 23.1. The number of nitrogens with zero attached hydrogens (tertiary/aromatic N) is 4. The van der Waals surface area contributed by atoms with Gasteiger partial charge in [0, 0.05) is 12.2 Å². The molecule has 17 heteroatoms. The topological polar surface area (TPSA) is 212 Å². The lowest BCUT2D eigenvalue weighted by molar-refractivity contribution is -0.0331. The van der Waals surface area contributed by atoms with Crippen LogP contribution in [0.3, 0.4) is 0 Å². The standard InChI is InChI=1S/C23H27ClN6O8P2/c1-11-3-4-12(2)15-7-13(5-6-14(11)15)27-20-17-21(29-23(24)28-20)30(9-25-17)22-19(32)18(31)16(38-22)8-26-39(33,34)10-40(35,36)37/h3-7,9,16,18-19,22,31-32H,8,10H2,1-2H3,(H2,26,33,34)(H,27,28,29)(H2,35,36,37)/t16-,18?,19?,22-/m1/s1. The van der Waals surface area contributed by atoms with Crippen LogP contribution in [-0.2, 0) is 13.9 Å². The van der Waals surface area contributed by atoms with Crippen molar-refractivity contribution in [1.29, 1.82) is 0 Å². The average molecular weight is 613 g/mol. The van der Waals surface area contributed by atoms with Gasteiger partial charge in [-0.15, -0.1) is 0 Å². The van der Waals surface area contributed by atoms with Crippen molar-refractivity contribution >= 4 is 60.2 Å². The molecule has 0 aliphatic carbocycles. The molecule has 0 spiro atoms. The molecular formula is C23H27ClN6O8P2. The monoisotopic (exact) mass is 612 g/mol. The molecule has 214 valence electrons. The van der Waals surface area contributed by atoms with Gasteiger partial charge in [0.15, 0.2) is 23.2 Å². The van der Waals surface area contributed by atoms with Crippen LogP contribution >= 0.6 is 26.7 Å². The third kappa shape index (κ3) is 5.93. The van der Waals surface area contributed by atoms with Gasteiger partial charge in [-0.05, 0) is 59.5 Å². The number of rotatable bonds is 8. The summed E-state index contributed by atoms with van der Waals surface area (Å²) < 4.78 is 30.3. The van der Waals surface area contributed by atoms with Gasteiger partial charge in [0.05, 0.1) is 6.33 Å². The minimum atomic E-state index is -4.78. The Morgan fingerprint density at radius 2 is 1.73 bits per heavy atom. The van der Waals surface area contributed by atoms with Crippen LogP contribution in [0.2, 0.25) is 5.28 Å².